The summed E-state index contributed by atoms with van der Waals surface area (Å²) < 4.78 is 1.52. The molecule has 6 heteroatoms. The first kappa shape index (κ1) is 17.6. The smallest absolute Gasteiger partial charge is 0.265 e. The van der Waals surface area contributed by atoms with Crippen molar-refractivity contribution in [1.82, 2.24) is 9.38 Å². The second kappa shape index (κ2) is 6.71. The molecule has 4 rings (SSSR count). The number of aromatic nitrogens is 2. The first-order chi connectivity index (χ1) is 13.5. The van der Waals surface area contributed by atoms with Crippen LogP contribution in [0, 0.1) is 18.3 Å². The highest BCUT2D eigenvalue weighted by Gasteiger charge is 2.15. The molecule has 4 aromatic rings. The molecule has 28 heavy (non-hydrogen) atoms. The molecule has 0 aliphatic rings. The van der Waals surface area contributed by atoms with Crippen LogP contribution in [0.3, 0.4) is 0 Å². The van der Waals surface area contributed by atoms with Gasteiger partial charge in [0.05, 0.1) is 21.8 Å². The molecule has 138 valence electrons. The summed E-state index contributed by atoms with van der Waals surface area (Å²) in [6, 6.07) is 17.5. The van der Waals surface area contributed by atoms with Crippen molar-refractivity contribution in [1.29, 1.82) is 5.26 Å². The van der Waals surface area contributed by atoms with Crippen molar-refractivity contribution >= 4 is 34.3 Å². The Morgan fingerprint density at radius 3 is 2.71 bits per heavy atom. The molecule has 0 spiro atoms. The maximum absolute atomic E-state index is 13.2. The Bertz CT molecular complexity index is 1360. The number of nitrogens with zero attached hydrogens (tertiary/aromatic N) is 4. The van der Waals surface area contributed by atoms with Crippen LogP contribution in [0.4, 0.5) is 11.4 Å². The molecular weight excluding hydrogens is 350 g/mol. The lowest BCUT2D eigenvalue weighted by atomic mass is 10.1. The van der Waals surface area contributed by atoms with Crippen LogP contribution in [0.1, 0.15) is 11.1 Å². The highest BCUT2D eigenvalue weighted by molar-refractivity contribution is 5.82. The molecule has 2 heterocycles. The standard InChI is InChI=1S/C22H19N5O/c1-14-17(12-23)21-25-19-9-4-5-10-20(19)27(21)22(28)18(14)13-24-15-7-6-8-16(11-15)26(2)3/h4-11,13,24H,1-3H3/b18-13-. The average molecular weight is 369 g/mol. The van der Waals surface area contributed by atoms with Crippen molar-refractivity contribution in [2.75, 3.05) is 24.3 Å². The van der Waals surface area contributed by atoms with Gasteiger partial charge in [0.2, 0.25) is 0 Å². The van der Waals surface area contributed by atoms with Crippen molar-refractivity contribution in [2.45, 2.75) is 6.92 Å². The number of hydrogen-bond donors (Lipinski definition) is 1. The van der Waals surface area contributed by atoms with Crippen molar-refractivity contribution < 1.29 is 0 Å². The van der Waals surface area contributed by atoms with E-state index in [2.05, 4.69) is 16.4 Å². The minimum Gasteiger partial charge on any atom is -0.378 e. The van der Waals surface area contributed by atoms with Crippen LogP contribution in [0.15, 0.2) is 53.3 Å². The summed E-state index contributed by atoms with van der Waals surface area (Å²) in [4.78, 5) is 19.7. The number of benzene rings is 2. The molecule has 0 bridgehead atoms. The van der Waals surface area contributed by atoms with Gasteiger partial charge < -0.3 is 10.2 Å². The quantitative estimate of drug-likeness (QED) is 0.601. The molecule has 0 saturated heterocycles. The van der Waals surface area contributed by atoms with E-state index in [0.29, 0.717) is 33.0 Å². The Kier molecular flexibility index (Phi) is 4.21. The third kappa shape index (κ3) is 2.74. The minimum absolute atomic E-state index is 0.198. The molecule has 2 aromatic heterocycles. The van der Waals surface area contributed by atoms with Gasteiger partial charge >= 0.3 is 0 Å². The Labute approximate surface area is 162 Å². The van der Waals surface area contributed by atoms with Gasteiger partial charge in [-0.3, -0.25) is 9.20 Å². The van der Waals surface area contributed by atoms with Crippen LogP contribution in [0.25, 0.3) is 22.9 Å². The number of nitrogens with one attached hydrogen (secondary N) is 1. The molecule has 0 amide bonds. The molecule has 0 unspecified atom stereocenters. The molecule has 0 aliphatic heterocycles. The summed E-state index contributed by atoms with van der Waals surface area (Å²) in [7, 11) is 3.94. The predicted octanol–water partition coefficient (Wildman–Crippen LogP) is 2.66. The number of anilines is 2. The van der Waals surface area contributed by atoms with Crippen molar-refractivity contribution in [3.05, 3.63) is 75.2 Å². The zero-order chi connectivity index (χ0) is 19.8. The lowest BCUT2D eigenvalue weighted by Gasteiger charge is -2.13. The highest BCUT2D eigenvalue weighted by atomic mass is 16.1. The normalized spacial score (nSPS) is 11.7. The fraction of sp³-hybridized carbons (Fsp3) is 0.136. The van der Waals surface area contributed by atoms with Crippen LogP contribution in [-0.4, -0.2) is 23.5 Å². The summed E-state index contributed by atoms with van der Waals surface area (Å²) in [6.45, 7) is 1.78. The van der Waals surface area contributed by atoms with Gasteiger partial charge in [0, 0.05) is 31.7 Å². The van der Waals surface area contributed by atoms with E-state index in [1.807, 2.05) is 67.5 Å². The number of para-hydroxylation sites is 2. The first-order valence-electron chi connectivity index (χ1n) is 8.89. The van der Waals surface area contributed by atoms with Gasteiger partial charge in [-0.2, -0.15) is 5.26 Å². The Morgan fingerprint density at radius 1 is 1.18 bits per heavy atom. The summed E-state index contributed by atoms with van der Waals surface area (Å²) in [5, 5.41) is 13.3. The SMILES string of the molecule is Cc1c(C#N)c2nc3ccccc3n2c(=O)/c1=C\Nc1cccc(N(C)C)c1. The van der Waals surface area contributed by atoms with Crippen LogP contribution in [0.2, 0.25) is 0 Å². The number of rotatable bonds is 3. The lowest BCUT2D eigenvalue weighted by molar-refractivity contribution is 1.10. The average Bonchev–Trinajstić information content (AvgIpc) is 3.08. The number of hydrogen-bond acceptors (Lipinski definition) is 5. The van der Waals surface area contributed by atoms with Crippen molar-refractivity contribution in [2.24, 2.45) is 0 Å². The summed E-state index contributed by atoms with van der Waals surface area (Å²) in [5.74, 6) is 0. The highest BCUT2D eigenvalue weighted by Crippen LogP contribution is 2.19. The second-order valence-corrected chi connectivity index (χ2v) is 6.82. The van der Waals surface area contributed by atoms with Gasteiger partial charge in [-0.05, 0) is 42.8 Å². The molecule has 6 nitrogen and oxygen atoms in total. The van der Waals surface area contributed by atoms with E-state index in [1.165, 1.54) is 4.40 Å². The van der Waals surface area contributed by atoms with Gasteiger partial charge in [0.25, 0.3) is 5.56 Å². The van der Waals surface area contributed by atoms with E-state index >= 15 is 0 Å². The minimum atomic E-state index is -0.198. The number of fused-ring (bicyclic) bond motifs is 3. The van der Waals surface area contributed by atoms with E-state index < -0.39 is 0 Å². The fourth-order valence-electron chi connectivity index (χ4n) is 3.32. The molecule has 0 atom stereocenters. The third-order valence-electron chi connectivity index (χ3n) is 4.85. The molecule has 0 aliphatic carbocycles. The summed E-state index contributed by atoms with van der Waals surface area (Å²) in [5.41, 5.74) is 4.53. The lowest BCUT2D eigenvalue weighted by Crippen LogP contribution is -2.34. The monoisotopic (exact) mass is 369 g/mol. The van der Waals surface area contributed by atoms with Crippen LogP contribution in [-0.2, 0) is 0 Å². The molecule has 0 fully saturated rings. The van der Waals surface area contributed by atoms with Gasteiger partial charge in [-0.25, -0.2) is 4.98 Å². The number of pyridine rings is 1. The van der Waals surface area contributed by atoms with Crippen molar-refractivity contribution in [3.8, 4) is 6.07 Å². The first-order valence-corrected chi connectivity index (χ1v) is 8.89. The van der Waals surface area contributed by atoms with Crippen LogP contribution >= 0.6 is 0 Å². The summed E-state index contributed by atoms with van der Waals surface area (Å²) >= 11 is 0. The van der Waals surface area contributed by atoms with Gasteiger partial charge in [-0.15, -0.1) is 0 Å². The maximum atomic E-state index is 13.2. The Morgan fingerprint density at radius 2 is 1.96 bits per heavy atom. The predicted molar refractivity (Wildman–Crippen MR) is 112 cm³/mol. The zero-order valence-electron chi connectivity index (χ0n) is 15.9. The Hall–Kier alpha value is -3.85. The van der Waals surface area contributed by atoms with Crippen molar-refractivity contribution in [3.63, 3.8) is 0 Å². The largest absolute Gasteiger partial charge is 0.378 e. The molecule has 2 aromatic carbocycles. The topological polar surface area (TPSA) is 73.4 Å². The molecule has 0 saturated carbocycles. The van der Waals surface area contributed by atoms with E-state index in [0.717, 1.165) is 11.4 Å². The van der Waals surface area contributed by atoms with Crippen LogP contribution < -0.4 is 21.0 Å². The van der Waals surface area contributed by atoms with Gasteiger partial charge in [0.15, 0.2) is 5.65 Å². The summed E-state index contributed by atoms with van der Waals surface area (Å²) in [6.07, 6.45) is 1.67. The molecular formula is C22H19N5O. The van der Waals surface area contributed by atoms with E-state index in [1.54, 1.807) is 13.1 Å². The van der Waals surface area contributed by atoms with Gasteiger partial charge in [0.1, 0.15) is 6.07 Å². The number of imidazole rings is 1. The van der Waals surface area contributed by atoms with E-state index in [9.17, 15) is 10.1 Å². The Balaban J connectivity index is 1.95. The second-order valence-electron chi connectivity index (χ2n) is 6.82. The molecule has 1 N–H and O–H groups in total. The maximum Gasteiger partial charge on any atom is 0.265 e. The number of nitriles is 1. The van der Waals surface area contributed by atoms with Crippen LogP contribution in [0.5, 0.6) is 0 Å². The third-order valence-corrected chi connectivity index (χ3v) is 4.85. The van der Waals surface area contributed by atoms with E-state index in [-0.39, 0.29) is 5.56 Å². The van der Waals surface area contributed by atoms with E-state index in [4.69, 9.17) is 0 Å². The van der Waals surface area contributed by atoms with Gasteiger partial charge in [-0.1, -0.05) is 18.2 Å². The molecule has 0 radical (unpaired) electrons. The fourth-order valence-corrected chi connectivity index (χ4v) is 3.32. The zero-order valence-corrected chi connectivity index (χ0v) is 15.9.